The zero-order valence-corrected chi connectivity index (χ0v) is 9.74. The number of aryl methyl sites for hydroxylation is 1. The van der Waals surface area contributed by atoms with Crippen LogP contribution in [0.5, 0.6) is 0 Å². The third-order valence-electron chi connectivity index (χ3n) is 3.72. The van der Waals surface area contributed by atoms with Crippen LogP contribution in [0.4, 0.5) is 0 Å². The van der Waals surface area contributed by atoms with Gasteiger partial charge in [-0.3, -0.25) is 14.3 Å². The molecule has 2 unspecified atom stereocenters. The largest absolute Gasteiger partial charge is 0.394 e. The highest BCUT2D eigenvalue weighted by molar-refractivity contribution is 5.15. The van der Waals surface area contributed by atoms with E-state index < -0.39 is 23.5 Å². The summed E-state index contributed by atoms with van der Waals surface area (Å²) in [5.74, 6) is -0.190. The minimum absolute atomic E-state index is 0.190. The van der Waals surface area contributed by atoms with E-state index in [9.17, 15) is 14.7 Å². The van der Waals surface area contributed by atoms with Crippen molar-refractivity contribution in [3.8, 4) is 0 Å². The van der Waals surface area contributed by atoms with Gasteiger partial charge in [-0.2, -0.15) is 0 Å². The van der Waals surface area contributed by atoms with Gasteiger partial charge in [0.25, 0.3) is 5.56 Å². The summed E-state index contributed by atoms with van der Waals surface area (Å²) < 4.78 is 6.83. The van der Waals surface area contributed by atoms with Gasteiger partial charge in [-0.15, -0.1) is 0 Å². The van der Waals surface area contributed by atoms with Crippen molar-refractivity contribution in [1.29, 1.82) is 0 Å². The molecule has 2 aliphatic rings. The van der Waals surface area contributed by atoms with Crippen LogP contribution >= 0.6 is 0 Å². The summed E-state index contributed by atoms with van der Waals surface area (Å²) in [7, 11) is 0. The van der Waals surface area contributed by atoms with Crippen molar-refractivity contribution < 1.29 is 14.9 Å². The topological polar surface area (TPSA) is 105 Å². The predicted molar refractivity (Wildman–Crippen MR) is 60.3 cm³/mol. The molecule has 3 N–H and O–H groups in total. The minimum Gasteiger partial charge on any atom is -0.394 e. The van der Waals surface area contributed by atoms with Crippen molar-refractivity contribution in [2.45, 2.75) is 31.3 Å². The van der Waals surface area contributed by atoms with Crippen molar-refractivity contribution in [2.75, 3.05) is 6.61 Å². The van der Waals surface area contributed by atoms with E-state index in [1.807, 2.05) is 0 Å². The van der Waals surface area contributed by atoms with E-state index in [4.69, 9.17) is 9.84 Å². The molecular formula is C11H14N2O5. The van der Waals surface area contributed by atoms with E-state index >= 15 is 0 Å². The van der Waals surface area contributed by atoms with Gasteiger partial charge < -0.3 is 14.9 Å². The number of nitrogens with one attached hydrogen (secondary N) is 1. The van der Waals surface area contributed by atoms with Crippen LogP contribution in [0.25, 0.3) is 0 Å². The second-order valence-corrected chi connectivity index (χ2v) is 4.86. The summed E-state index contributed by atoms with van der Waals surface area (Å²) in [6, 6.07) is -0.258. The van der Waals surface area contributed by atoms with E-state index in [1.54, 1.807) is 6.92 Å². The van der Waals surface area contributed by atoms with Gasteiger partial charge in [0, 0.05) is 17.7 Å². The maximum atomic E-state index is 11.7. The molecular weight excluding hydrogens is 240 g/mol. The molecule has 2 heterocycles. The normalized spacial score (nSPS) is 37.6. The van der Waals surface area contributed by atoms with E-state index in [0.29, 0.717) is 5.56 Å². The number of hydrogen-bond donors (Lipinski definition) is 3. The summed E-state index contributed by atoms with van der Waals surface area (Å²) in [5, 5.41) is 18.8. The molecule has 1 saturated heterocycles. The Labute approximate surface area is 102 Å². The molecule has 7 nitrogen and oxygen atoms in total. The number of aliphatic hydroxyl groups excluding tert-OH is 2. The molecule has 0 spiro atoms. The molecule has 1 aliphatic heterocycles. The summed E-state index contributed by atoms with van der Waals surface area (Å²) in [6.45, 7) is 1.38. The van der Waals surface area contributed by atoms with Crippen LogP contribution in [0.15, 0.2) is 15.8 Å². The lowest BCUT2D eigenvalue weighted by atomic mass is 10.1. The Hall–Kier alpha value is -1.44. The third-order valence-corrected chi connectivity index (χ3v) is 3.72. The zero-order chi connectivity index (χ0) is 13.0. The summed E-state index contributed by atoms with van der Waals surface area (Å²) >= 11 is 0. The van der Waals surface area contributed by atoms with E-state index in [0.717, 1.165) is 0 Å². The molecule has 1 aliphatic carbocycles. The maximum Gasteiger partial charge on any atom is 0.328 e. The number of nitrogens with zero attached hydrogens (tertiary/aromatic N) is 1. The molecule has 18 heavy (non-hydrogen) atoms. The van der Waals surface area contributed by atoms with Crippen LogP contribution in [0.3, 0.4) is 0 Å². The third kappa shape index (κ3) is 1.48. The van der Waals surface area contributed by atoms with Gasteiger partial charge in [-0.1, -0.05) is 0 Å². The lowest BCUT2D eigenvalue weighted by Gasteiger charge is -2.18. The number of aromatic amines is 1. The van der Waals surface area contributed by atoms with Gasteiger partial charge in [0.2, 0.25) is 0 Å². The fraction of sp³-hybridized carbons (Fsp3) is 0.636. The SMILES string of the molecule is Cc1cn(C2C3[C@@H]2O[C@@H](CO)[C@@H]3O)c(=O)[nH]c1=O. The lowest BCUT2D eigenvalue weighted by molar-refractivity contribution is -0.0370. The highest BCUT2D eigenvalue weighted by Gasteiger charge is 2.64. The van der Waals surface area contributed by atoms with Gasteiger partial charge >= 0.3 is 5.69 Å². The maximum absolute atomic E-state index is 11.7. The van der Waals surface area contributed by atoms with Crippen LogP contribution in [-0.4, -0.2) is 44.7 Å². The number of rotatable bonds is 2. The Kier molecular flexibility index (Phi) is 2.44. The number of hydrogen-bond acceptors (Lipinski definition) is 5. The number of ether oxygens (including phenoxy) is 1. The summed E-state index contributed by atoms with van der Waals surface area (Å²) in [5.41, 5.74) is -0.467. The molecule has 98 valence electrons. The Morgan fingerprint density at radius 1 is 1.50 bits per heavy atom. The van der Waals surface area contributed by atoms with E-state index in [2.05, 4.69) is 4.98 Å². The van der Waals surface area contributed by atoms with Gasteiger partial charge in [0.1, 0.15) is 6.10 Å². The van der Waals surface area contributed by atoms with Crippen LogP contribution in [0, 0.1) is 12.8 Å². The van der Waals surface area contributed by atoms with Crippen molar-refractivity contribution >= 4 is 0 Å². The smallest absolute Gasteiger partial charge is 0.328 e. The first kappa shape index (κ1) is 11.6. The molecule has 7 heteroatoms. The van der Waals surface area contributed by atoms with Crippen molar-refractivity contribution in [3.05, 3.63) is 32.6 Å². The Bertz CT molecular complexity index is 592. The molecule has 1 saturated carbocycles. The molecule has 2 fully saturated rings. The Morgan fingerprint density at radius 3 is 2.78 bits per heavy atom. The minimum atomic E-state index is -0.774. The number of fused-ring (bicyclic) bond motifs is 1. The summed E-state index contributed by atoms with van der Waals surface area (Å²) in [4.78, 5) is 25.2. The van der Waals surface area contributed by atoms with Crippen molar-refractivity contribution in [1.82, 2.24) is 9.55 Å². The predicted octanol–water partition coefficient (Wildman–Crippen LogP) is -1.86. The van der Waals surface area contributed by atoms with Crippen LogP contribution in [0.1, 0.15) is 11.6 Å². The molecule has 3 rings (SSSR count). The van der Waals surface area contributed by atoms with Crippen molar-refractivity contribution in [3.63, 3.8) is 0 Å². The first-order valence-electron chi connectivity index (χ1n) is 5.81. The molecule has 0 radical (unpaired) electrons. The van der Waals surface area contributed by atoms with Crippen LogP contribution < -0.4 is 11.2 Å². The lowest BCUT2D eigenvalue weighted by Crippen LogP contribution is -2.35. The fourth-order valence-electron chi connectivity index (χ4n) is 2.69. The molecule has 0 amide bonds. The highest BCUT2D eigenvalue weighted by Crippen LogP contribution is 2.54. The Balaban J connectivity index is 1.91. The van der Waals surface area contributed by atoms with Crippen LogP contribution in [0.2, 0.25) is 0 Å². The molecule has 1 aromatic rings. The van der Waals surface area contributed by atoms with Crippen molar-refractivity contribution in [2.24, 2.45) is 5.92 Å². The molecule has 0 aromatic carbocycles. The number of aromatic nitrogens is 2. The first-order valence-corrected chi connectivity index (χ1v) is 5.81. The highest BCUT2D eigenvalue weighted by atomic mass is 16.5. The van der Waals surface area contributed by atoms with Gasteiger partial charge in [-0.25, -0.2) is 4.79 Å². The monoisotopic (exact) mass is 254 g/mol. The Morgan fingerprint density at radius 2 is 2.22 bits per heavy atom. The second kappa shape index (κ2) is 3.78. The van der Waals surface area contributed by atoms with Gasteiger partial charge in [0.15, 0.2) is 0 Å². The standard InChI is InChI=1S/C11H14N2O5/c1-4-2-13(11(17)12-10(4)16)7-6-8(15)5(3-14)18-9(6)7/h2,5-9,14-15H,3H2,1H3,(H,12,16,17)/t5-,6?,7?,8-,9-/m0/s1. The van der Waals surface area contributed by atoms with Gasteiger partial charge in [-0.05, 0) is 6.92 Å². The molecule has 1 aromatic heterocycles. The zero-order valence-electron chi connectivity index (χ0n) is 9.74. The van der Waals surface area contributed by atoms with Gasteiger partial charge in [0.05, 0.1) is 24.9 Å². The second-order valence-electron chi connectivity index (χ2n) is 4.86. The fourth-order valence-corrected chi connectivity index (χ4v) is 2.69. The summed E-state index contributed by atoms with van der Waals surface area (Å²) in [6.07, 6.45) is -0.131. The quantitative estimate of drug-likeness (QED) is 0.574. The van der Waals surface area contributed by atoms with E-state index in [1.165, 1.54) is 10.8 Å². The molecule has 0 bridgehead atoms. The van der Waals surface area contributed by atoms with Crippen LogP contribution in [-0.2, 0) is 4.74 Å². The number of H-pyrrole nitrogens is 1. The average Bonchev–Trinajstić information content (AvgIpc) is 2.94. The molecule has 5 atom stereocenters. The first-order chi connectivity index (χ1) is 8.54. The van der Waals surface area contributed by atoms with E-state index in [-0.39, 0.29) is 24.7 Å². The number of aliphatic hydroxyl groups is 2. The average molecular weight is 254 g/mol.